The van der Waals surface area contributed by atoms with Crippen molar-refractivity contribution < 1.29 is 152 Å². The summed E-state index contributed by atoms with van der Waals surface area (Å²) in [7, 11) is 0. The molecule has 0 aromatic heterocycles. The lowest BCUT2D eigenvalue weighted by Gasteiger charge is -2.25. The summed E-state index contributed by atoms with van der Waals surface area (Å²) >= 11 is 0. The van der Waals surface area contributed by atoms with Crippen molar-refractivity contribution in [2.24, 2.45) is 23.7 Å². The van der Waals surface area contributed by atoms with Gasteiger partial charge in [-0.1, -0.05) is 206 Å². The van der Waals surface area contributed by atoms with Gasteiger partial charge in [0.1, 0.15) is 6.61 Å². The molecule has 0 aliphatic heterocycles. The van der Waals surface area contributed by atoms with Crippen LogP contribution in [0.5, 0.6) is 0 Å². The summed E-state index contributed by atoms with van der Waals surface area (Å²) in [6, 6.07) is 0. The first kappa shape index (κ1) is 143. The van der Waals surface area contributed by atoms with E-state index in [0.29, 0.717) is 110 Å². The van der Waals surface area contributed by atoms with Gasteiger partial charge < -0.3 is 99.5 Å². The van der Waals surface area contributed by atoms with Crippen LogP contribution in [0.15, 0.2) is 124 Å². The van der Waals surface area contributed by atoms with E-state index in [-0.39, 0.29) is 37.2 Å². The van der Waals surface area contributed by atoms with Crippen LogP contribution in [0.1, 0.15) is 310 Å². The molecule has 0 saturated heterocycles. The van der Waals surface area contributed by atoms with Crippen molar-refractivity contribution in [2.75, 3.05) is 66.1 Å². The Labute approximate surface area is 806 Å². The zero-order valence-electron chi connectivity index (χ0n) is 87.7. The maximum absolute atomic E-state index is 11.2. The minimum Gasteiger partial charge on any atom is -0.463 e. The number of carbonyl (C=O) groups is 11. The molecule has 0 heterocycles. The Morgan fingerprint density at radius 2 is 0.515 bits per heavy atom. The van der Waals surface area contributed by atoms with Gasteiger partial charge in [0.25, 0.3) is 0 Å². The van der Waals surface area contributed by atoms with Crippen molar-refractivity contribution in [3.8, 4) is 0 Å². The molecule has 12 unspecified atom stereocenters. The first-order valence-electron chi connectivity index (χ1n) is 46.6. The molecule has 780 valence electrons. The molecule has 0 radical (unpaired) electrons. The van der Waals surface area contributed by atoms with Crippen LogP contribution in [0.3, 0.4) is 0 Å². The van der Waals surface area contributed by atoms with Crippen molar-refractivity contribution in [3.05, 3.63) is 124 Å². The minimum atomic E-state index is -0.676. The molecule has 1 fully saturated rings. The number of rotatable bonds is 58. The second-order valence-corrected chi connectivity index (χ2v) is 31.3. The highest BCUT2D eigenvalue weighted by Gasteiger charge is 2.21. The van der Waals surface area contributed by atoms with E-state index in [1.54, 1.807) is 111 Å². The Bertz CT molecular complexity index is 3210. The van der Waals surface area contributed by atoms with Gasteiger partial charge in [-0.25, -0.2) is 47.9 Å². The summed E-state index contributed by atoms with van der Waals surface area (Å²) in [5, 5.41) is 0. The van der Waals surface area contributed by atoms with E-state index >= 15 is 0 Å². The number of esters is 11. The van der Waals surface area contributed by atoms with Gasteiger partial charge in [-0.3, -0.25) is 4.79 Å². The molecule has 1 saturated carbocycles. The molecular formula is C102H180O32. The van der Waals surface area contributed by atoms with Crippen LogP contribution in [0.25, 0.3) is 0 Å². The Kier molecular flexibility index (Phi) is 104. The predicted octanol–water partition coefficient (Wildman–Crippen LogP) is 21.4. The highest BCUT2D eigenvalue weighted by molar-refractivity contribution is 5.89. The number of carbonyl (C=O) groups excluding carboxylic acids is 11. The zero-order chi connectivity index (χ0) is 105. The highest BCUT2D eigenvalue weighted by atomic mass is 16.7. The summed E-state index contributed by atoms with van der Waals surface area (Å²) in [4.78, 5) is 119. The Morgan fingerprint density at radius 3 is 0.754 bits per heavy atom. The second-order valence-electron chi connectivity index (χ2n) is 31.3. The third-order valence-corrected chi connectivity index (χ3v) is 16.3. The Morgan fingerprint density at radius 1 is 0.284 bits per heavy atom. The minimum absolute atomic E-state index is 0.143. The molecule has 1 aliphatic rings. The van der Waals surface area contributed by atoms with Crippen molar-refractivity contribution in [1.82, 2.24) is 0 Å². The molecule has 32 nitrogen and oxygen atoms in total. The van der Waals surface area contributed by atoms with Crippen LogP contribution in [-0.2, 0) is 152 Å². The first-order valence-corrected chi connectivity index (χ1v) is 46.6. The molecule has 0 N–H and O–H groups in total. The summed E-state index contributed by atoms with van der Waals surface area (Å²) in [5.74, 6) is -2.66. The molecule has 32 heteroatoms. The fourth-order valence-electron chi connectivity index (χ4n) is 8.81. The molecule has 0 aromatic rings. The Balaban J connectivity index is -0.000000186. The molecule has 1 rings (SSSR count). The number of hydrogen-bond donors (Lipinski definition) is 0. The molecule has 0 bridgehead atoms. The largest absolute Gasteiger partial charge is 0.463 e. The predicted molar refractivity (Wildman–Crippen MR) is 521 cm³/mol. The van der Waals surface area contributed by atoms with Gasteiger partial charge in [-0.2, -0.15) is 0 Å². The third-order valence-electron chi connectivity index (χ3n) is 16.3. The maximum atomic E-state index is 11.2. The third kappa shape index (κ3) is 108. The fourth-order valence-corrected chi connectivity index (χ4v) is 8.81. The van der Waals surface area contributed by atoms with Crippen molar-refractivity contribution >= 4 is 65.7 Å². The summed E-state index contributed by atoms with van der Waals surface area (Å²) < 4.78 is 106. The van der Waals surface area contributed by atoms with Gasteiger partial charge in [0.05, 0.1) is 52.4 Å². The van der Waals surface area contributed by atoms with Crippen LogP contribution < -0.4 is 0 Å². The smallest absolute Gasteiger partial charge is 0.335 e. The van der Waals surface area contributed by atoms with E-state index in [1.807, 2.05) is 41.5 Å². The molecule has 0 aromatic carbocycles. The van der Waals surface area contributed by atoms with Crippen molar-refractivity contribution in [1.29, 1.82) is 0 Å². The lowest BCUT2D eigenvalue weighted by atomic mass is 9.98. The summed E-state index contributed by atoms with van der Waals surface area (Å²) in [6.07, 6.45) is 19.1. The number of hydrogen-bond acceptors (Lipinski definition) is 32. The van der Waals surface area contributed by atoms with E-state index in [2.05, 4.69) is 117 Å². The van der Waals surface area contributed by atoms with E-state index in [9.17, 15) is 52.7 Å². The lowest BCUT2D eigenvalue weighted by molar-refractivity contribution is -0.183. The van der Waals surface area contributed by atoms with E-state index in [0.717, 1.165) is 75.7 Å². The molecule has 134 heavy (non-hydrogen) atoms. The molecule has 0 amide bonds. The molecular weight excluding hydrogens is 1740 g/mol. The SMILES string of the molecule is C=C(C)C(=O)OC(C)OC1CCCCC1.C=C(C)C(=O)OC(C)OCC.C=C(C)C(=O)OC(C)OCC(C)C.C=C(C)C(=O)OC(C)OCC(CC)CCCC.C=C(C)C(=O)OC(C)OCCCC.C=C(C)C(=O)OC(C)OCCOC(C)=O.C=CC(=O)OC(C)OCC.C=CC(=O)OC(C)OCC(C)C.C=CC(=O)OC(C)OCC(CC)CCCC.C=CC(=O)OC(C)OCCCC. The van der Waals surface area contributed by atoms with Crippen molar-refractivity contribution in [2.45, 2.75) is 379 Å². The van der Waals surface area contributed by atoms with Gasteiger partial charge in [0, 0.05) is 77.9 Å². The van der Waals surface area contributed by atoms with Crippen molar-refractivity contribution in [3.63, 3.8) is 0 Å². The Hall–Kier alpha value is -8.83. The van der Waals surface area contributed by atoms with E-state index < -0.39 is 111 Å². The number of ether oxygens (including phenoxy) is 21. The van der Waals surface area contributed by atoms with Crippen LogP contribution in [0.2, 0.25) is 0 Å². The standard InChI is InChI=1S/C14H26O3.C13H24O3.C12H20O3.C10H16O5.2C10H18O3.2C9H16O3.C8H14O3.C7H12O3/c1-6-8-9-13(7-2)10-16-12(5)17-14(15)11(3)4;1-5-8-9-12(6-2)10-15-11(4)16-13(14)7-3;1-9(2)12(13)15-10(3)14-11-7-5-4-6-8-11;1-7(2)10(12)15-9(4)14-6-5-13-8(3)11;1-7(2)6-12-9(5)13-10(11)8(3)4;1-5-6-7-12-9(4)13-10(11)8(2)3;1-5-9(10)12-8(4)11-6-7(2)3;1-4-6-7-11-8(3)12-9(10)5-2;1-5-10-7(4)11-8(9)6(2)3;1-4-7(8)10-6(3)9-5-2/h12-13H,3,6-10H2,1-2,4-5H3;7,11-12H,3,5-6,8-10H2,1-2,4H3;10-11H,1,4-8H2,2-3H3;9H,1,5-6H2,2-4H3;7,9H,3,6H2,1-2,4-5H3;9H,2,5-7H2,1,3-4H3;5,7-8H,1,6H2,2-4H3;5,8H,2,4,6-7H2,1,3H3;7H,2,5H2,1,3-4H3;4,6H,1,5H2,2-3H3. The van der Waals surface area contributed by atoms with Crippen LogP contribution in [0.4, 0.5) is 0 Å². The molecule has 1 aliphatic carbocycles. The van der Waals surface area contributed by atoms with Gasteiger partial charge in [0.2, 0.25) is 12.6 Å². The van der Waals surface area contributed by atoms with Gasteiger partial charge >= 0.3 is 65.7 Å². The lowest BCUT2D eigenvalue weighted by Crippen LogP contribution is -2.26. The van der Waals surface area contributed by atoms with Crippen LogP contribution in [-0.4, -0.2) is 201 Å². The maximum Gasteiger partial charge on any atom is 0.335 e. The van der Waals surface area contributed by atoms with Gasteiger partial charge in [-0.05, 0) is 187 Å². The van der Waals surface area contributed by atoms with Gasteiger partial charge in [0.15, 0.2) is 50.3 Å². The zero-order valence-corrected chi connectivity index (χ0v) is 87.7. The molecule has 0 spiro atoms. The first-order chi connectivity index (χ1) is 62.7. The van der Waals surface area contributed by atoms with Crippen LogP contribution in [0, 0.1) is 23.7 Å². The highest BCUT2D eigenvalue weighted by Crippen LogP contribution is 2.23. The summed E-state index contributed by atoms with van der Waals surface area (Å²) in [5.41, 5.74) is 2.29. The normalized spacial score (nSPS) is 13.5. The van der Waals surface area contributed by atoms with Crippen LogP contribution >= 0.6 is 0 Å². The molecule has 12 atom stereocenters. The van der Waals surface area contributed by atoms with E-state index in [1.165, 1.54) is 64.7 Å². The number of unbranched alkanes of at least 4 members (excludes halogenated alkanes) is 4. The quantitative estimate of drug-likeness (QED) is 0.0179. The monoisotopic (exact) mass is 1920 g/mol. The van der Waals surface area contributed by atoms with Gasteiger partial charge in [-0.15, -0.1) is 0 Å². The topological polar surface area (TPSA) is 382 Å². The fraction of sp³-hybridized carbons (Fsp3) is 0.696. The van der Waals surface area contributed by atoms with E-state index in [4.69, 9.17) is 90.0 Å². The average molecular weight is 1920 g/mol. The second kappa shape index (κ2) is 97.3. The summed E-state index contributed by atoms with van der Waals surface area (Å²) in [6.45, 7) is 91.6. The average Bonchev–Trinajstić information content (AvgIpc) is 0.900.